The van der Waals surface area contributed by atoms with Crippen LogP contribution in [0.3, 0.4) is 0 Å². The highest BCUT2D eigenvalue weighted by Crippen LogP contribution is 2.41. The third-order valence-electron chi connectivity index (χ3n) is 5.33. The van der Waals surface area contributed by atoms with Crippen LogP contribution in [-0.2, 0) is 20.5 Å². The highest BCUT2D eigenvalue weighted by atomic mass is 32.2. The summed E-state index contributed by atoms with van der Waals surface area (Å²) in [5.41, 5.74) is 1.23. The summed E-state index contributed by atoms with van der Waals surface area (Å²) in [5, 5.41) is 7.45. The summed E-state index contributed by atoms with van der Waals surface area (Å²) in [6.45, 7) is 17.4. The number of fused-ring (bicyclic) bond motifs is 1. The van der Waals surface area contributed by atoms with Crippen LogP contribution in [0.2, 0.25) is 0 Å². The van der Waals surface area contributed by atoms with Crippen LogP contribution < -0.4 is 10.0 Å². The molecular weight excluding hydrogens is 466 g/mol. The Morgan fingerprint density at radius 1 is 1.14 bits per heavy atom. The Bertz CT molecular complexity index is 1060. The maximum Gasteiger partial charge on any atom is 0.408 e. The van der Waals surface area contributed by atoms with Crippen molar-refractivity contribution in [2.75, 3.05) is 6.61 Å². The molecule has 1 aliphatic carbocycles. The Hall–Kier alpha value is -2.04. The Morgan fingerprint density at radius 2 is 1.80 bits per heavy atom. The number of nitrogens with zero attached hydrogens (tertiary/aromatic N) is 3. The Balaban J connectivity index is 1.87. The maximum atomic E-state index is 12.8. The molecule has 2 aromatic heterocycles. The molecule has 2 N–H and O–H groups in total. The molecule has 1 fully saturated rings. The molecule has 3 rings (SSSR count). The van der Waals surface area contributed by atoms with E-state index in [1.807, 2.05) is 68.4 Å². The summed E-state index contributed by atoms with van der Waals surface area (Å²) in [7, 11) is -1.19. The second-order valence-corrected chi connectivity index (χ2v) is 14.2. The second-order valence-electron chi connectivity index (χ2n) is 12.2. The second kappa shape index (κ2) is 10.1. The van der Waals surface area contributed by atoms with Gasteiger partial charge in [0.1, 0.15) is 5.60 Å². The molecular formula is C25H41N5O4S. The predicted octanol–water partition coefficient (Wildman–Crippen LogP) is 4.61. The molecule has 35 heavy (non-hydrogen) atoms. The van der Waals surface area contributed by atoms with E-state index in [9.17, 15) is 9.00 Å². The summed E-state index contributed by atoms with van der Waals surface area (Å²) in [6, 6.07) is 1.41. The van der Waals surface area contributed by atoms with Gasteiger partial charge in [0.05, 0.1) is 52.1 Å². The number of imidazole rings is 1. The summed E-state index contributed by atoms with van der Waals surface area (Å²) in [6.07, 6.45) is 5.25. The lowest BCUT2D eigenvalue weighted by molar-refractivity contribution is -0.0179. The minimum Gasteiger partial charge on any atom is -0.444 e. The highest BCUT2D eigenvalue weighted by Gasteiger charge is 2.36. The fraction of sp³-hybridized carbons (Fsp3) is 0.720. The van der Waals surface area contributed by atoms with Crippen molar-refractivity contribution in [2.24, 2.45) is 5.92 Å². The number of aromatic nitrogens is 3. The van der Waals surface area contributed by atoms with Crippen LogP contribution in [0.5, 0.6) is 0 Å². The first-order chi connectivity index (χ1) is 16.0. The molecule has 10 heteroatoms. The molecule has 0 bridgehead atoms. The van der Waals surface area contributed by atoms with Crippen molar-refractivity contribution in [1.29, 1.82) is 0 Å². The third-order valence-corrected chi connectivity index (χ3v) is 6.91. The van der Waals surface area contributed by atoms with Crippen LogP contribution in [0, 0.1) is 5.92 Å². The van der Waals surface area contributed by atoms with E-state index >= 15 is 0 Å². The zero-order chi connectivity index (χ0) is 26.2. The van der Waals surface area contributed by atoms with Crippen molar-refractivity contribution < 1.29 is 18.5 Å². The molecule has 196 valence electrons. The van der Waals surface area contributed by atoms with E-state index in [-0.39, 0.29) is 23.0 Å². The Morgan fingerprint density at radius 3 is 2.34 bits per heavy atom. The van der Waals surface area contributed by atoms with Gasteiger partial charge in [-0.1, -0.05) is 0 Å². The fourth-order valence-electron chi connectivity index (χ4n) is 3.39. The van der Waals surface area contributed by atoms with Gasteiger partial charge in [0, 0.05) is 6.04 Å². The van der Waals surface area contributed by atoms with Gasteiger partial charge in [0.2, 0.25) is 0 Å². The lowest BCUT2D eigenvalue weighted by Crippen LogP contribution is -2.38. The smallest absolute Gasteiger partial charge is 0.408 e. The molecule has 1 amide bonds. The lowest BCUT2D eigenvalue weighted by Gasteiger charge is -2.26. The lowest BCUT2D eigenvalue weighted by atomic mass is 10.1. The van der Waals surface area contributed by atoms with E-state index in [0.717, 1.165) is 18.4 Å². The van der Waals surface area contributed by atoms with Crippen molar-refractivity contribution in [2.45, 2.75) is 103 Å². The zero-order valence-electron chi connectivity index (χ0n) is 22.5. The number of carbonyl (C=O) groups is 1. The van der Waals surface area contributed by atoms with E-state index in [2.05, 4.69) is 15.1 Å². The number of rotatable bonds is 8. The Labute approximate surface area is 211 Å². The van der Waals surface area contributed by atoms with Gasteiger partial charge in [-0.25, -0.2) is 23.2 Å². The summed E-state index contributed by atoms with van der Waals surface area (Å²) in [4.78, 5) is 17.3. The quantitative estimate of drug-likeness (QED) is 0.540. The van der Waals surface area contributed by atoms with Crippen LogP contribution in [0.15, 0.2) is 18.5 Å². The molecule has 0 spiro atoms. The molecule has 0 aromatic carbocycles. The van der Waals surface area contributed by atoms with E-state index in [4.69, 9.17) is 14.5 Å². The summed E-state index contributed by atoms with van der Waals surface area (Å²) < 4.78 is 28.8. The molecule has 0 saturated heterocycles. The number of alkyl carbamates (subject to hydrolysis) is 1. The fourth-order valence-corrected chi connectivity index (χ4v) is 4.30. The molecule has 0 radical (unpaired) electrons. The molecule has 1 aliphatic rings. The first-order valence-corrected chi connectivity index (χ1v) is 13.3. The summed E-state index contributed by atoms with van der Waals surface area (Å²) in [5.74, 6) is 0.432. The van der Waals surface area contributed by atoms with Crippen molar-refractivity contribution >= 4 is 22.7 Å². The summed E-state index contributed by atoms with van der Waals surface area (Å²) >= 11 is 0. The molecule has 1 saturated carbocycles. The first-order valence-electron chi connectivity index (χ1n) is 12.2. The van der Waals surface area contributed by atoms with Crippen LogP contribution in [-0.4, -0.2) is 47.5 Å². The van der Waals surface area contributed by atoms with Gasteiger partial charge in [0.15, 0.2) is 5.65 Å². The van der Waals surface area contributed by atoms with Gasteiger partial charge in [-0.3, -0.25) is 0 Å². The van der Waals surface area contributed by atoms with Gasteiger partial charge in [0.25, 0.3) is 0 Å². The monoisotopic (exact) mass is 507 g/mol. The number of carbonyl (C=O) groups excluding carboxylic acids is 1. The first kappa shape index (κ1) is 27.5. The molecule has 0 unspecified atom stereocenters. The molecule has 3 atom stereocenters. The largest absolute Gasteiger partial charge is 0.444 e. The normalized spacial score (nSPS) is 17.7. The predicted molar refractivity (Wildman–Crippen MR) is 137 cm³/mol. The van der Waals surface area contributed by atoms with Crippen LogP contribution in [0.25, 0.3) is 5.65 Å². The highest BCUT2D eigenvalue weighted by molar-refractivity contribution is 7.84. The number of hydrogen-bond acceptors (Lipinski definition) is 6. The average Bonchev–Trinajstić information content (AvgIpc) is 3.44. The van der Waals surface area contributed by atoms with Gasteiger partial charge < -0.3 is 14.8 Å². The van der Waals surface area contributed by atoms with Crippen molar-refractivity contribution in [3.8, 4) is 0 Å². The minimum atomic E-state index is -1.19. The van der Waals surface area contributed by atoms with Gasteiger partial charge in [-0.05, 0) is 92.7 Å². The topological polar surface area (TPSA) is 107 Å². The van der Waals surface area contributed by atoms with Gasteiger partial charge in [-0.15, -0.1) is 0 Å². The zero-order valence-corrected chi connectivity index (χ0v) is 23.3. The molecule has 9 nitrogen and oxygen atoms in total. The van der Waals surface area contributed by atoms with E-state index in [0.29, 0.717) is 17.3 Å². The average molecular weight is 508 g/mol. The molecule has 2 heterocycles. The van der Waals surface area contributed by atoms with Gasteiger partial charge in [-0.2, -0.15) is 5.10 Å². The molecule has 2 aromatic rings. The van der Waals surface area contributed by atoms with Gasteiger partial charge >= 0.3 is 6.09 Å². The van der Waals surface area contributed by atoms with Crippen LogP contribution in [0.4, 0.5) is 4.79 Å². The van der Waals surface area contributed by atoms with E-state index in [1.165, 1.54) is 0 Å². The maximum absolute atomic E-state index is 12.8. The minimum absolute atomic E-state index is 0.0485. The van der Waals surface area contributed by atoms with Crippen molar-refractivity contribution in [3.05, 3.63) is 29.7 Å². The molecule has 0 aliphatic heterocycles. The van der Waals surface area contributed by atoms with Crippen LogP contribution >= 0.6 is 0 Å². The van der Waals surface area contributed by atoms with E-state index < -0.39 is 28.7 Å². The number of nitrogens with one attached hydrogen (secondary N) is 2. The van der Waals surface area contributed by atoms with Crippen molar-refractivity contribution in [3.63, 3.8) is 0 Å². The number of amides is 1. The Kier molecular flexibility index (Phi) is 7.98. The standard InChI is InChI=1S/C25H41N5O4S/c1-23(2,3)33-15-19(28-22(31)34-24(4,5)6)18-14-30-20(27-18)12-17(13-26-30)21(16-10-11-16)29-35(32)25(7,8)9/h12-14,16,19,21,29H,10-11,15H2,1-9H3,(H,28,31)/t19-,21+,35-/m0/s1. The van der Waals surface area contributed by atoms with Crippen LogP contribution in [0.1, 0.15) is 98.5 Å². The SMILES string of the molecule is CC(C)(C)OC[C@H](NC(=O)OC(C)(C)C)c1cn2ncc([C@H](N[S@@](=O)C(C)(C)C)C3CC3)cc2n1. The van der Waals surface area contributed by atoms with E-state index in [1.54, 1.807) is 16.9 Å². The number of ether oxygens (including phenoxy) is 2. The van der Waals surface area contributed by atoms with Crippen molar-refractivity contribution in [1.82, 2.24) is 24.6 Å². The number of hydrogen-bond donors (Lipinski definition) is 2. The third kappa shape index (κ3) is 8.25.